The number of thiazole rings is 1. The molecule has 1 N–H and O–H groups in total. The Labute approximate surface area is 75.8 Å². The van der Waals surface area contributed by atoms with Crippen LogP contribution in [0.15, 0.2) is 5.38 Å². The second-order valence-corrected chi connectivity index (χ2v) is 3.92. The second-order valence-electron chi connectivity index (χ2n) is 2.85. The average molecular weight is 184 g/mol. The highest BCUT2D eigenvalue weighted by molar-refractivity contribution is 7.09. The Morgan fingerprint density at radius 1 is 1.75 bits per heavy atom. The zero-order chi connectivity index (χ0) is 8.39. The second kappa shape index (κ2) is 3.51. The summed E-state index contributed by atoms with van der Waals surface area (Å²) in [6.45, 7) is 4.66. The molecule has 1 atom stereocenters. The first kappa shape index (κ1) is 8.16. The maximum Gasteiger partial charge on any atom is 0.113 e. The van der Waals surface area contributed by atoms with Crippen molar-refractivity contribution in [3.8, 4) is 0 Å². The van der Waals surface area contributed by atoms with E-state index in [1.165, 1.54) is 0 Å². The lowest BCUT2D eigenvalue weighted by Gasteiger charge is -2.21. The number of hydrogen-bond donors (Lipinski definition) is 1. The number of morpholine rings is 1. The lowest BCUT2D eigenvalue weighted by molar-refractivity contribution is 0.0253. The van der Waals surface area contributed by atoms with Crippen LogP contribution in [0.4, 0.5) is 0 Å². The third-order valence-electron chi connectivity index (χ3n) is 1.89. The summed E-state index contributed by atoms with van der Waals surface area (Å²) in [5.74, 6) is 0. The van der Waals surface area contributed by atoms with Crippen molar-refractivity contribution in [2.75, 3.05) is 19.7 Å². The molecule has 0 saturated carbocycles. The van der Waals surface area contributed by atoms with E-state index < -0.39 is 0 Å². The minimum absolute atomic E-state index is 0.170. The van der Waals surface area contributed by atoms with Crippen molar-refractivity contribution in [2.24, 2.45) is 0 Å². The Balaban J connectivity index is 2.08. The molecule has 1 saturated heterocycles. The van der Waals surface area contributed by atoms with Gasteiger partial charge in [0.2, 0.25) is 0 Å². The van der Waals surface area contributed by atoms with Crippen molar-refractivity contribution in [1.82, 2.24) is 10.3 Å². The summed E-state index contributed by atoms with van der Waals surface area (Å²) in [4.78, 5) is 4.39. The van der Waals surface area contributed by atoms with E-state index in [-0.39, 0.29) is 6.10 Å². The smallest absolute Gasteiger partial charge is 0.113 e. The molecule has 0 spiro atoms. The van der Waals surface area contributed by atoms with Crippen molar-refractivity contribution in [2.45, 2.75) is 13.0 Å². The number of nitrogens with one attached hydrogen (secondary N) is 1. The topological polar surface area (TPSA) is 34.2 Å². The number of hydrogen-bond acceptors (Lipinski definition) is 4. The lowest BCUT2D eigenvalue weighted by Crippen LogP contribution is -2.33. The van der Waals surface area contributed by atoms with Crippen LogP contribution in [0.25, 0.3) is 0 Å². The molecule has 1 unspecified atom stereocenters. The molecule has 66 valence electrons. The Morgan fingerprint density at radius 3 is 3.25 bits per heavy atom. The lowest BCUT2D eigenvalue weighted by atomic mass is 10.2. The predicted molar refractivity (Wildman–Crippen MR) is 48.4 cm³/mol. The maximum atomic E-state index is 5.56. The SMILES string of the molecule is Cc1nc(C2CNCCO2)cs1. The van der Waals surface area contributed by atoms with E-state index in [0.717, 1.165) is 30.4 Å². The molecule has 4 heteroatoms. The first-order valence-corrected chi connectivity index (χ1v) is 4.98. The molecule has 0 amide bonds. The average Bonchev–Trinajstić information content (AvgIpc) is 2.54. The van der Waals surface area contributed by atoms with Gasteiger partial charge in [0, 0.05) is 18.5 Å². The molecular weight excluding hydrogens is 172 g/mol. The molecule has 2 rings (SSSR count). The van der Waals surface area contributed by atoms with E-state index in [1.807, 2.05) is 6.92 Å². The van der Waals surface area contributed by atoms with E-state index in [1.54, 1.807) is 11.3 Å². The third-order valence-corrected chi connectivity index (χ3v) is 2.69. The van der Waals surface area contributed by atoms with Crippen molar-refractivity contribution < 1.29 is 4.74 Å². The van der Waals surface area contributed by atoms with Crippen molar-refractivity contribution in [3.63, 3.8) is 0 Å². The first-order valence-electron chi connectivity index (χ1n) is 4.10. The molecule has 0 radical (unpaired) electrons. The summed E-state index contributed by atoms with van der Waals surface area (Å²) < 4.78 is 5.56. The highest BCUT2D eigenvalue weighted by atomic mass is 32.1. The molecule has 3 nitrogen and oxygen atoms in total. The maximum absolute atomic E-state index is 5.56. The molecule has 0 aromatic carbocycles. The van der Waals surface area contributed by atoms with Gasteiger partial charge < -0.3 is 10.1 Å². The summed E-state index contributed by atoms with van der Waals surface area (Å²) >= 11 is 1.68. The van der Waals surface area contributed by atoms with Crippen LogP contribution in [0.2, 0.25) is 0 Å². The summed E-state index contributed by atoms with van der Waals surface area (Å²) in [5.41, 5.74) is 1.07. The fourth-order valence-corrected chi connectivity index (χ4v) is 1.94. The van der Waals surface area contributed by atoms with Crippen LogP contribution in [-0.4, -0.2) is 24.7 Å². The number of nitrogens with zero attached hydrogens (tertiary/aromatic N) is 1. The molecule has 1 aliphatic rings. The van der Waals surface area contributed by atoms with Gasteiger partial charge in [0.05, 0.1) is 17.3 Å². The molecular formula is C8H12N2OS. The molecule has 0 aliphatic carbocycles. The standard InChI is InChI=1S/C8H12N2OS/c1-6-10-7(5-12-6)8-4-9-2-3-11-8/h5,8-9H,2-4H2,1H3. The van der Waals surface area contributed by atoms with Crippen molar-refractivity contribution >= 4 is 11.3 Å². The van der Waals surface area contributed by atoms with E-state index >= 15 is 0 Å². The van der Waals surface area contributed by atoms with Gasteiger partial charge in [-0.1, -0.05) is 0 Å². The summed E-state index contributed by atoms with van der Waals surface area (Å²) in [5, 5.41) is 6.47. The van der Waals surface area contributed by atoms with Gasteiger partial charge in [0.1, 0.15) is 6.10 Å². The van der Waals surface area contributed by atoms with Gasteiger partial charge in [0.25, 0.3) is 0 Å². The minimum atomic E-state index is 0.170. The number of aromatic nitrogens is 1. The van der Waals surface area contributed by atoms with E-state index in [9.17, 15) is 0 Å². The van der Waals surface area contributed by atoms with Crippen LogP contribution in [0.1, 0.15) is 16.8 Å². The quantitative estimate of drug-likeness (QED) is 0.710. The molecule has 2 heterocycles. The van der Waals surface area contributed by atoms with E-state index in [4.69, 9.17) is 4.74 Å². The Kier molecular flexibility index (Phi) is 2.39. The van der Waals surface area contributed by atoms with Gasteiger partial charge in [0.15, 0.2) is 0 Å². The normalized spacial score (nSPS) is 24.2. The molecule has 1 aromatic rings. The summed E-state index contributed by atoms with van der Waals surface area (Å²) in [6.07, 6.45) is 0.170. The largest absolute Gasteiger partial charge is 0.369 e. The van der Waals surface area contributed by atoms with Crippen LogP contribution in [0, 0.1) is 6.92 Å². The molecule has 1 aliphatic heterocycles. The summed E-state index contributed by atoms with van der Waals surface area (Å²) in [6, 6.07) is 0. The van der Waals surface area contributed by atoms with Crippen molar-refractivity contribution in [3.05, 3.63) is 16.1 Å². The minimum Gasteiger partial charge on any atom is -0.369 e. The van der Waals surface area contributed by atoms with Crippen LogP contribution in [0.3, 0.4) is 0 Å². The van der Waals surface area contributed by atoms with Gasteiger partial charge in [-0.3, -0.25) is 0 Å². The van der Waals surface area contributed by atoms with Crippen LogP contribution in [0.5, 0.6) is 0 Å². The van der Waals surface area contributed by atoms with Crippen LogP contribution >= 0.6 is 11.3 Å². The highest BCUT2D eigenvalue weighted by Gasteiger charge is 2.17. The Bertz CT molecular complexity index is 255. The van der Waals surface area contributed by atoms with Crippen molar-refractivity contribution in [1.29, 1.82) is 0 Å². The van der Waals surface area contributed by atoms with Gasteiger partial charge in [-0.05, 0) is 6.92 Å². The molecule has 0 bridgehead atoms. The molecule has 1 aromatic heterocycles. The van der Waals surface area contributed by atoms with Crippen LogP contribution in [-0.2, 0) is 4.74 Å². The summed E-state index contributed by atoms with van der Waals surface area (Å²) in [7, 11) is 0. The molecule has 12 heavy (non-hydrogen) atoms. The van der Waals surface area contributed by atoms with E-state index in [0.29, 0.717) is 0 Å². The Morgan fingerprint density at radius 2 is 2.67 bits per heavy atom. The fraction of sp³-hybridized carbons (Fsp3) is 0.625. The monoisotopic (exact) mass is 184 g/mol. The Hall–Kier alpha value is -0.450. The zero-order valence-electron chi connectivity index (χ0n) is 7.04. The van der Waals surface area contributed by atoms with E-state index in [2.05, 4.69) is 15.7 Å². The van der Waals surface area contributed by atoms with Gasteiger partial charge in [-0.2, -0.15) is 0 Å². The number of ether oxygens (including phenoxy) is 1. The zero-order valence-corrected chi connectivity index (χ0v) is 7.86. The van der Waals surface area contributed by atoms with Gasteiger partial charge in [-0.25, -0.2) is 4.98 Å². The van der Waals surface area contributed by atoms with Crippen LogP contribution < -0.4 is 5.32 Å². The fourth-order valence-electron chi connectivity index (χ4n) is 1.28. The first-order chi connectivity index (χ1) is 5.86. The number of rotatable bonds is 1. The molecule has 1 fully saturated rings. The predicted octanol–water partition coefficient (Wildman–Crippen LogP) is 1.11. The number of aryl methyl sites for hydroxylation is 1. The van der Waals surface area contributed by atoms with Gasteiger partial charge >= 0.3 is 0 Å². The van der Waals surface area contributed by atoms with Gasteiger partial charge in [-0.15, -0.1) is 11.3 Å². The highest BCUT2D eigenvalue weighted by Crippen LogP contribution is 2.20. The third kappa shape index (κ3) is 1.65.